The van der Waals surface area contributed by atoms with Gasteiger partial charge in [-0.25, -0.2) is 0 Å². The van der Waals surface area contributed by atoms with Crippen LogP contribution in [0.1, 0.15) is 40.5 Å². The monoisotopic (exact) mass is 228 g/mol. The molecule has 16 heavy (non-hydrogen) atoms. The fourth-order valence-electron chi connectivity index (χ4n) is 2.41. The summed E-state index contributed by atoms with van der Waals surface area (Å²) in [5.74, 6) is 0.558. The van der Waals surface area contributed by atoms with E-state index in [0.717, 1.165) is 19.7 Å². The summed E-state index contributed by atoms with van der Waals surface area (Å²) in [7, 11) is 0. The lowest BCUT2D eigenvalue weighted by molar-refractivity contribution is -0.0573. The minimum absolute atomic E-state index is 0.182. The molecule has 0 radical (unpaired) electrons. The summed E-state index contributed by atoms with van der Waals surface area (Å²) in [6.45, 7) is 11.8. The largest absolute Gasteiger partial charge is 0.374 e. The van der Waals surface area contributed by atoms with Crippen LogP contribution >= 0.6 is 0 Å². The molecule has 1 rings (SSSR count). The van der Waals surface area contributed by atoms with Gasteiger partial charge in [0.25, 0.3) is 0 Å². The topological polar surface area (TPSA) is 38.5 Å². The fourth-order valence-corrected chi connectivity index (χ4v) is 2.41. The highest BCUT2D eigenvalue weighted by atomic mass is 16.5. The van der Waals surface area contributed by atoms with E-state index in [1.54, 1.807) is 0 Å². The first-order chi connectivity index (χ1) is 7.56. The average Bonchev–Trinajstić information content (AvgIpc) is 2.28. The van der Waals surface area contributed by atoms with E-state index in [4.69, 9.17) is 10.5 Å². The SMILES string of the molecule is CCCC(C)C(N)C1CN(C(C)C)CCO1. The van der Waals surface area contributed by atoms with Gasteiger partial charge in [-0.1, -0.05) is 20.3 Å². The zero-order valence-electron chi connectivity index (χ0n) is 11.3. The molecular formula is C13H28N2O. The molecule has 3 heteroatoms. The molecule has 1 fully saturated rings. The Balaban J connectivity index is 2.46. The molecule has 1 heterocycles. The van der Waals surface area contributed by atoms with Crippen LogP contribution in [-0.4, -0.2) is 42.8 Å². The second kappa shape index (κ2) is 6.58. The molecule has 0 aliphatic carbocycles. The molecule has 2 N–H and O–H groups in total. The molecule has 0 spiro atoms. The summed E-state index contributed by atoms with van der Waals surface area (Å²) in [4.78, 5) is 2.46. The number of nitrogens with two attached hydrogens (primary N) is 1. The highest BCUT2D eigenvalue weighted by Crippen LogP contribution is 2.18. The minimum Gasteiger partial charge on any atom is -0.374 e. The molecular weight excluding hydrogens is 200 g/mol. The van der Waals surface area contributed by atoms with Crippen molar-refractivity contribution in [1.82, 2.24) is 4.90 Å². The van der Waals surface area contributed by atoms with Crippen molar-refractivity contribution < 1.29 is 4.74 Å². The van der Waals surface area contributed by atoms with Crippen LogP contribution in [0.5, 0.6) is 0 Å². The van der Waals surface area contributed by atoms with Gasteiger partial charge in [0, 0.05) is 25.2 Å². The Hall–Kier alpha value is -0.120. The van der Waals surface area contributed by atoms with E-state index >= 15 is 0 Å². The van der Waals surface area contributed by atoms with Crippen molar-refractivity contribution in [1.29, 1.82) is 0 Å². The van der Waals surface area contributed by atoms with Crippen molar-refractivity contribution in [2.75, 3.05) is 19.7 Å². The number of hydrogen-bond donors (Lipinski definition) is 1. The number of ether oxygens (including phenoxy) is 1. The van der Waals surface area contributed by atoms with Crippen molar-refractivity contribution in [2.45, 2.75) is 58.7 Å². The van der Waals surface area contributed by atoms with Crippen LogP contribution in [0.25, 0.3) is 0 Å². The van der Waals surface area contributed by atoms with Gasteiger partial charge < -0.3 is 10.5 Å². The van der Waals surface area contributed by atoms with Crippen molar-refractivity contribution in [3.05, 3.63) is 0 Å². The van der Waals surface area contributed by atoms with Crippen LogP contribution in [-0.2, 0) is 4.74 Å². The van der Waals surface area contributed by atoms with E-state index in [0.29, 0.717) is 12.0 Å². The van der Waals surface area contributed by atoms with Gasteiger partial charge in [-0.15, -0.1) is 0 Å². The Morgan fingerprint density at radius 3 is 2.62 bits per heavy atom. The van der Waals surface area contributed by atoms with Gasteiger partial charge in [-0.3, -0.25) is 4.90 Å². The van der Waals surface area contributed by atoms with E-state index in [1.807, 2.05) is 0 Å². The highest BCUT2D eigenvalue weighted by molar-refractivity contribution is 4.84. The van der Waals surface area contributed by atoms with Crippen LogP contribution in [0.15, 0.2) is 0 Å². The predicted octanol–water partition coefficient (Wildman–Crippen LogP) is 1.86. The lowest BCUT2D eigenvalue weighted by atomic mass is 9.92. The Morgan fingerprint density at radius 2 is 2.06 bits per heavy atom. The van der Waals surface area contributed by atoms with E-state index < -0.39 is 0 Å². The third kappa shape index (κ3) is 3.72. The number of nitrogens with zero attached hydrogens (tertiary/aromatic N) is 1. The molecule has 0 aromatic heterocycles. The molecule has 96 valence electrons. The molecule has 1 saturated heterocycles. The summed E-state index contributed by atoms with van der Waals surface area (Å²) in [6.07, 6.45) is 2.62. The van der Waals surface area contributed by atoms with Crippen molar-refractivity contribution >= 4 is 0 Å². The smallest absolute Gasteiger partial charge is 0.0855 e. The maximum absolute atomic E-state index is 6.29. The molecule has 0 amide bonds. The molecule has 0 bridgehead atoms. The molecule has 0 saturated carbocycles. The van der Waals surface area contributed by atoms with Gasteiger partial charge in [-0.2, -0.15) is 0 Å². The minimum atomic E-state index is 0.182. The summed E-state index contributed by atoms with van der Waals surface area (Å²) in [6, 6.07) is 0.779. The first-order valence-corrected chi connectivity index (χ1v) is 6.67. The van der Waals surface area contributed by atoms with Crippen LogP contribution in [0.2, 0.25) is 0 Å². The first-order valence-electron chi connectivity index (χ1n) is 6.67. The molecule has 1 aliphatic rings. The quantitative estimate of drug-likeness (QED) is 0.780. The summed E-state index contributed by atoms with van der Waals surface area (Å²) in [5.41, 5.74) is 6.29. The Morgan fingerprint density at radius 1 is 1.38 bits per heavy atom. The Bertz CT molecular complexity index is 196. The van der Waals surface area contributed by atoms with Gasteiger partial charge in [0.1, 0.15) is 0 Å². The molecule has 0 aromatic rings. The van der Waals surface area contributed by atoms with Crippen molar-refractivity contribution in [2.24, 2.45) is 11.7 Å². The van der Waals surface area contributed by atoms with Gasteiger partial charge in [0.05, 0.1) is 12.7 Å². The lowest BCUT2D eigenvalue weighted by Crippen LogP contribution is -2.54. The maximum atomic E-state index is 6.29. The zero-order chi connectivity index (χ0) is 12.1. The van der Waals surface area contributed by atoms with Crippen molar-refractivity contribution in [3.63, 3.8) is 0 Å². The molecule has 3 unspecified atom stereocenters. The number of rotatable bonds is 5. The Labute approximate surface area is 100 Å². The molecule has 0 aromatic carbocycles. The van der Waals surface area contributed by atoms with Gasteiger partial charge in [-0.05, 0) is 26.2 Å². The normalized spacial score (nSPS) is 27.0. The van der Waals surface area contributed by atoms with E-state index in [1.165, 1.54) is 12.8 Å². The standard InChI is InChI=1S/C13H28N2O/c1-5-6-11(4)13(14)12-9-15(10(2)3)7-8-16-12/h10-13H,5-9,14H2,1-4H3. The third-order valence-corrected chi connectivity index (χ3v) is 3.69. The van der Waals surface area contributed by atoms with Gasteiger partial charge in [0.15, 0.2) is 0 Å². The van der Waals surface area contributed by atoms with Gasteiger partial charge >= 0.3 is 0 Å². The molecule has 1 aliphatic heterocycles. The fraction of sp³-hybridized carbons (Fsp3) is 1.00. The highest BCUT2D eigenvalue weighted by Gasteiger charge is 2.29. The van der Waals surface area contributed by atoms with Crippen LogP contribution in [0, 0.1) is 5.92 Å². The van der Waals surface area contributed by atoms with Gasteiger partial charge in [0.2, 0.25) is 0 Å². The van der Waals surface area contributed by atoms with E-state index in [2.05, 4.69) is 32.6 Å². The number of hydrogen-bond acceptors (Lipinski definition) is 3. The molecule has 3 atom stereocenters. The summed E-state index contributed by atoms with van der Waals surface area (Å²) >= 11 is 0. The lowest BCUT2D eigenvalue weighted by Gasteiger charge is -2.39. The average molecular weight is 228 g/mol. The Kier molecular flexibility index (Phi) is 5.73. The van der Waals surface area contributed by atoms with E-state index in [9.17, 15) is 0 Å². The predicted molar refractivity (Wildman–Crippen MR) is 68.5 cm³/mol. The second-order valence-electron chi connectivity index (χ2n) is 5.34. The maximum Gasteiger partial charge on any atom is 0.0855 e. The molecule has 3 nitrogen and oxygen atoms in total. The van der Waals surface area contributed by atoms with E-state index in [-0.39, 0.29) is 12.1 Å². The third-order valence-electron chi connectivity index (χ3n) is 3.69. The second-order valence-corrected chi connectivity index (χ2v) is 5.34. The van der Waals surface area contributed by atoms with Crippen LogP contribution < -0.4 is 5.73 Å². The van der Waals surface area contributed by atoms with Crippen LogP contribution in [0.3, 0.4) is 0 Å². The number of morpholine rings is 1. The summed E-state index contributed by atoms with van der Waals surface area (Å²) in [5, 5.41) is 0. The van der Waals surface area contributed by atoms with Crippen molar-refractivity contribution in [3.8, 4) is 0 Å². The first kappa shape index (κ1) is 13.9. The summed E-state index contributed by atoms with van der Waals surface area (Å²) < 4.78 is 5.82. The zero-order valence-corrected chi connectivity index (χ0v) is 11.3. The van der Waals surface area contributed by atoms with Crippen LogP contribution in [0.4, 0.5) is 0 Å².